The summed E-state index contributed by atoms with van der Waals surface area (Å²) in [6, 6.07) is 18.1. The van der Waals surface area contributed by atoms with Crippen molar-refractivity contribution < 1.29 is 9.84 Å². The Hall–Kier alpha value is -1.80. The van der Waals surface area contributed by atoms with Crippen molar-refractivity contribution in [3.63, 3.8) is 0 Å². The van der Waals surface area contributed by atoms with Gasteiger partial charge >= 0.3 is 0 Å². The van der Waals surface area contributed by atoms with Crippen molar-refractivity contribution in [2.75, 3.05) is 7.11 Å². The number of aliphatic hydroxyl groups excluding tert-OH is 1. The van der Waals surface area contributed by atoms with E-state index in [0.717, 1.165) is 23.3 Å². The lowest BCUT2D eigenvalue weighted by atomic mass is 9.85. The van der Waals surface area contributed by atoms with Crippen LogP contribution in [0.25, 0.3) is 0 Å². The van der Waals surface area contributed by atoms with Crippen LogP contribution in [0.3, 0.4) is 0 Å². The van der Waals surface area contributed by atoms with Crippen LogP contribution in [0.5, 0.6) is 5.75 Å². The molecule has 0 aliphatic carbocycles. The molecule has 0 saturated carbocycles. The van der Waals surface area contributed by atoms with E-state index in [-0.39, 0.29) is 12.0 Å². The summed E-state index contributed by atoms with van der Waals surface area (Å²) < 4.78 is 5.18. The van der Waals surface area contributed by atoms with Crippen molar-refractivity contribution in [2.45, 2.75) is 25.4 Å². The molecule has 2 aromatic carbocycles. The van der Waals surface area contributed by atoms with Gasteiger partial charge in [-0.3, -0.25) is 0 Å². The summed E-state index contributed by atoms with van der Waals surface area (Å²) in [5.41, 5.74) is 2.25. The van der Waals surface area contributed by atoms with E-state index in [1.807, 2.05) is 49.4 Å². The highest BCUT2D eigenvalue weighted by molar-refractivity contribution is 5.37. The Kier molecular flexibility index (Phi) is 4.58. The highest BCUT2D eigenvalue weighted by atomic mass is 16.5. The lowest BCUT2D eigenvalue weighted by molar-refractivity contribution is 0.152. The molecule has 100 valence electrons. The van der Waals surface area contributed by atoms with Gasteiger partial charge in [0.25, 0.3) is 0 Å². The molecule has 0 bridgehead atoms. The van der Waals surface area contributed by atoms with Crippen LogP contribution in [0.2, 0.25) is 0 Å². The molecule has 0 spiro atoms. The first kappa shape index (κ1) is 13.6. The molecule has 2 heteroatoms. The van der Waals surface area contributed by atoms with E-state index in [4.69, 9.17) is 4.74 Å². The number of methoxy groups -OCH3 is 1. The summed E-state index contributed by atoms with van der Waals surface area (Å²) in [5, 5.41) is 10.3. The molecule has 0 saturated heterocycles. The molecule has 0 aliphatic rings. The third kappa shape index (κ3) is 3.15. The average molecular weight is 256 g/mol. The largest absolute Gasteiger partial charge is 0.497 e. The highest BCUT2D eigenvalue weighted by Gasteiger charge is 2.21. The second kappa shape index (κ2) is 6.39. The Morgan fingerprint density at radius 1 is 0.947 bits per heavy atom. The highest BCUT2D eigenvalue weighted by Crippen LogP contribution is 2.30. The molecule has 0 amide bonds. The van der Waals surface area contributed by atoms with Crippen LogP contribution in [0.1, 0.15) is 30.4 Å². The summed E-state index contributed by atoms with van der Waals surface area (Å²) in [4.78, 5) is 0. The first-order chi connectivity index (χ1) is 9.26. The Balaban J connectivity index is 2.37. The predicted molar refractivity (Wildman–Crippen MR) is 77.6 cm³/mol. The van der Waals surface area contributed by atoms with Crippen LogP contribution < -0.4 is 4.74 Å². The van der Waals surface area contributed by atoms with Crippen molar-refractivity contribution in [3.8, 4) is 5.75 Å². The first-order valence-electron chi connectivity index (χ1n) is 6.63. The second-order valence-electron chi connectivity index (χ2n) is 4.64. The molecule has 2 unspecified atom stereocenters. The maximum Gasteiger partial charge on any atom is 0.118 e. The van der Waals surface area contributed by atoms with Crippen LogP contribution >= 0.6 is 0 Å². The molecule has 0 fully saturated rings. The third-order valence-corrected chi connectivity index (χ3v) is 3.44. The standard InChI is InChI=1S/C17H20O2/c1-3-16(18)17(13-7-5-4-6-8-13)14-9-11-15(19-2)12-10-14/h4-12,16-18H,3H2,1-2H3. The summed E-state index contributed by atoms with van der Waals surface area (Å²) in [6.07, 6.45) is 0.349. The Labute approximate surface area is 114 Å². The molecule has 2 rings (SSSR count). The van der Waals surface area contributed by atoms with Crippen molar-refractivity contribution in [3.05, 3.63) is 65.7 Å². The van der Waals surface area contributed by atoms with Gasteiger partial charge in [-0.25, -0.2) is 0 Å². The van der Waals surface area contributed by atoms with Crippen LogP contribution in [-0.2, 0) is 0 Å². The fourth-order valence-corrected chi connectivity index (χ4v) is 2.34. The van der Waals surface area contributed by atoms with Crippen molar-refractivity contribution >= 4 is 0 Å². The molecule has 2 atom stereocenters. The van der Waals surface area contributed by atoms with E-state index in [1.54, 1.807) is 7.11 Å². The predicted octanol–water partition coefficient (Wildman–Crippen LogP) is 3.60. The first-order valence-corrected chi connectivity index (χ1v) is 6.63. The van der Waals surface area contributed by atoms with Crippen LogP contribution in [0.4, 0.5) is 0 Å². The molecule has 0 radical (unpaired) electrons. The van der Waals surface area contributed by atoms with E-state index < -0.39 is 0 Å². The lowest BCUT2D eigenvalue weighted by Crippen LogP contribution is -2.18. The van der Waals surface area contributed by atoms with E-state index in [2.05, 4.69) is 12.1 Å². The van der Waals surface area contributed by atoms with Crippen molar-refractivity contribution in [1.82, 2.24) is 0 Å². The van der Waals surface area contributed by atoms with E-state index in [9.17, 15) is 5.11 Å². The lowest BCUT2D eigenvalue weighted by Gasteiger charge is -2.23. The monoisotopic (exact) mass is 256 g/mol. The van der Waals surface area contributed by atoms with Gasteiger partial charge in [0.05, 0.1) is 13.2 Å². The Morgan fingerprint density at radius 3 is 2.05 bits per heavy atom. The molecule has 0 heterocycles. The number of benzene rings is 2. The van der Waals surface area contributed by atoms with Crippen LogP contribution in [0.15, 0.2) is 54.6 Å². The minimum absolute atomic E-state index is 0.0112. The Morgan fingerprint density at radius 2 is 1.53 bits per heavy atom. The second-order valence-corrected chi connectivity index (χ2v) is 4.64. The zero-order valence-corrected chi connectivity index (χ0v) is 11.4. The number of hydrogen-bond acceptors (Lipinski definition) is 2. The topological polar surface area (TPSA) is 29.5 Å². The van der Waals surface area contributed by atoms with Crippen molar-refractivity contribution in [1.29, 1.82) is 0 Å². The van der Waals surface area contributed by atoms with E-state index in [1.165, 1.54) is 0 Å². The minimum atomic E-state index is -0.379. The quantitative estimate of drug-likeness (QED) is 0.885. The van der Waals surface area contributed by atoms with Gasteiger partial charge in [-0.1, -0.05) is 49.4 Å². The minimum Gasteiger partial charge on any atom is -0.497 e. The van der Waals surface area contributed by atoms with Crippen molar-refractivity contribution in [2.24, 2.45) is 0 Å². The number of ether oxygens (including phenoxy) is 1. The smallest absolute Gasteiger partial charge is 0.118 e. The maximum absolute atomic E-state index is 10.3. The zero-order valence-electron chi connectivity index (χ0n) is 11.4. The van der Waals surface area contributed by atoms with Gasteiger partial charge in [-0.2, -0.15) is 0 Å². The van der Waals surface area contributed by atoms with E-state index in [0.29, 0.717) is 0 Å². The summed E-state index contributed by atoms with van der Waals surface area (Å²) >= 11 is 0. The number of hydrogen-bond donors (Lipinski definition) is 1. The van der Waals surface area contributed by atoms with Crippen LogP contribution in [0, 0.1) is 0 Å². The fraction of sp³-hybridized carbons (Fsp3) is 0.294. The zero-order chi connectivity index (χ0) is 13.7. The Bertz CT molecular complexity index is 490. The summed E-state index contributed by atoms with van der Waals surface area (Å²) in [7, 11) is 1.66. The maximum atomic E-state index is 10.3. The van der Waals surface area contributed by atoms with Crippen LogP contribution in [-0.4, -0.2) is 18.3 Å². The summed E-state index contributed by atoms with van der Waals surface area (Å²) in [6.45, 7) is 2.00. The van der Waals surface area contributed by atoms with Gasteiger partial charge in [0, 0.05) is 5.92 Å². The van der Waals surface area contributed by atoms with Gasteiger partial charge in [-0.15, -0.1) is 0 Å². The fourth-order valence-electron chi connectivity index (χ4n) is 2.34. The van der Waals surface area contributed by atoms with Gasteiger partial charge in [0.2, 0.25) is 0 Å². The normalized spacial score (nSPS) is 13.8. The van der Waals surface area contributed by atoms with E-state index >= 15 is 0 Å². The third-order valence-electron chi connectivity index (χ3n) is 3.44. The molecule has 2 aromatic rings. The number of rotatable bonds is 5. The SMILES string of the molecule is CCC(O)C(c1ccccc1)c1ccc(OC)cc1. The molecule has 19 heavy (non-hydrogen) atoms. The average Bonchev–Trinajstić information content (AvgIpc) is 2.49. The van der Waals surface area contributed by atoms with Gasteiger partial charge in [-0.05, 0) is 29.7 Å². The van der Waals surface area contributed by atoms with Gasteiger partial charge < -0.3 is 9.84 Å². The summed E-state index contributed by atoms with van der Waals surface area (Å²) in [5.74, 6) is 0.846. The van der Waals surface area contributed by atoms with Gasteiger partial charge in [0.1, 0.15) is 5.75 Å². The molecular weight excluding hydrogens is 236 g/mol. The van der Waals surface area contributed by atoms with Gasteiger partial charge in [0.15, 0.2) is 0 Å². The number of aliphatic hydroxyl groups is 1. The molecule has 0 aromatic heterocycles. The molecule has 2 nitrogen and oxygen atoms in total. The molecule has 0 aliphatic heterocycles. The molecule has 1 N–H and O–H groups in total. The molecular formula is C17H20O2.